The minimum absolute atomic E-state index is 0.364. The van der Waals surface area contributed by atoms with Crippen LogP contribution < -0.4 is 4.90 Å². The van der Waals surface area contributed by atoms with Crippen molar-refractivity contribution in [2.24, 2.45) is 0 Å². The van der Waals surface area contributed by atoms with Crippen LogP contribution in [0.4, 0.5) is 5.69 Å². The summed E-state index contributed by atoms with van der Waals surface area (Å²) in [7, 11) is 0. The summed E-state index contributed by atoms with van der Waals surface area (Å²) in [6.07, 6.45) is 4.16. The van der Waals surface area contributed by atoms with Gasteiger partial charge in [-0.05, 0) is 31.0 Å². The highest BCUT2D eigenvalue weighted by Gasteiger charge is 2.21. The Labute approximate surface area is 149 Å². The first-order valence-electron chi connectivity index (χ1n) is 9.30. The maximum absolute atomic E-state index is 5.58. The van der Waals surface area contributed by atoms with E-state index in [-0.39, 0.29) is 0 Å². The van der Waals surface area contributed by atoms with Crippen LogP contribution in [0.1, 0.15) is 30.3 Å². The third-order valence-corrected chi connectivity index (χ3v) is 5.14. The van der Waals surface area contributed by atoms with Gasteiger partial charge in [-0.3, -0.25) is 4.90 Å². The van der Waals surface area contributed by atoms with Crippen molar-refractivity contribution in [1.29, 1.82) is 0 Å². The van der Waals surface area contributed by atoms with E-state index in [1.54, 1.807) is 0 Å². The van der Waals surface area contributed by atoms with Crippen molar-refractivity contribution >= 4 is 5.69 Å². The second-order valence-corrected chi connectivity index (χ2v) is 6.92. The zero-order valence-corrected chi connectivity index (χ0v) is 14.7. The zero-order chi connectivity index (χ0) is 16.9. The molecule has 1 aromatic carbocycles. The largest absolute Gasteiger partial charge is 0.381 e. The predicted octanol–water partition coefficient (Wildman–Crippen LogP) is 2.69. The number of piperazine rings is 1. The molecule has 25 heavy (non-hydrogen) atoms. The Hall–Kier alpha value is -1.98. The highest BCUT2D eigenvalue weighted by molar-refractivity contribution is 5.46. The molecule has 1 atom stereocenters. The summed E-state index contributed by atoms with van der Waals surface area (Å²) in [5.41, 5.74) is 2.45. The van der Waals surface area contributed by atoms with Crippen LogP contribution >= 0.6 is 0 Å². The van der Waals surface area contributed by atoms with Gasteiger partial charge in [-0.15, -0.1) is 0 Å². The Morgan fingerprint density at radius 3 is 2.64 bits per heavy atom. The summed E-state index contributed by atoms with van der Waals surface area (Å²) < 4.78 is 5.58. The lowest BCUT2D eigenvalue weighted by atomic mass is 10.0. The van der Waals surface area contributed by atoms with Gasteiger partial charge in [0.2, 0.25) is 0 Å². The predicted molar refractivity (Wildman–Crippen MR) is 98.8 cm³/mol. The number of hydrogen-bond donors (Lipinski definition) is 0. The SMILES string of the molecule is c1ccc(N2CCN(Cc3ccnc([C@@H]4CCCOC4)n3)CC2)cc1. The summed E-state index contributed by atoms with van der Waals surface area (Å²) >= 11 is 0. The summed E-state index contributed by atoms with van der Waals surface area (Å²) in [5, 5.41) is 0. The van der Waals surface area contributed by atoms with Crippen LogP contribution in [-0.2, 0) is 11.3 Å². The van der Waals surface area contributed by atoms with Gasteiger partial charge < -0.3 is 9.64 Å². The van der Waals surface area contributed by atoms with Crippen molar-refractivity contribution in [1.82, 2.24) is 14.9 Å². The fourth-order valence-corrected chi connectivity index (χ4v) is 3.67. The van der Waals surface area contributed by atoms with Gasteiger partial charge in [0, 0.05) is 57.1 Å². The molecule has 2 aliphatic heterocycles. The van der Waals surface area contributed by atoms with Gasteiger partial charge in [-0.1, -0.05) is 18.2 Å². The smallest absolute Gasteiger partial charge is 0.133 e. The van der Waals surface area contributed by atoms with Crippen molar-refractivity contribution < 1.29 is 4.74 Å². The minimum atomic E-state index is 0.364. The number of ether oxygens (including phenoxy) is 1. The van der Waals surface area contributed by atoms with Gasteiger partial charge in [-0.2, -0.15) is 0 Å². The first-order valence-corrected chi connectivity index (χ1v) is 9.30. The molecule has 4 rings (SSSR count). The summed E-state index contributed by atoms with van der Waals surface area (Å²) in [5.74, 6) is 1.32. The van der Waals surface area contributed by atoms with Crippen molar-refractivity contribution in [2.75, 3.05) is 44.3 Å². The summed E-state index contributed by atoms with van der Waals surface area (Å²) in [6, 6.07) is 12.7. The van der Waals surface area contributed by atoms with Gasteiger partial charge in [0.15, 0.2) is 0 Å². The summed E-state index contributed by atoms with van der Waals surface area (Å²) in [6.45, 7) is 6.82. The average Bonchev–Trinajstić information content (AvgIpc) is 2.70. The van der Waals surface area contributed by atoms with Crippen molar-refractivity contribution in [2.45, 2.75) is 25.3 Å². The average molecular weight is 338 g/mol. The Morgan fingerprint density at radius 1 is 1.04 bits per heavy atom. The number of para-hydroxylation sites is 1. The van der Waals surface area contributed by atoms with Crippen molar-refractivity contribution in [3.8, 4) is 0 Å². The van der Waals surface area contributed by atoms with Crippen LogP contribution in [0.15, 0.2) is 42.6 Å². The number of hydrogen-bond acceptors (Lipinski definition) is 5. The Kier molecular flexibility index (Phi) is 5.23. The fraction of sp³-hybridized carbons (Fsp3) is 0.500. The molecule has 5 nitrogen and oxygen atoms in total. The molecule has 1 aromatic heterocycles. The molecule has 2 aromatic rings. The Balaban J connectivity index is 1.34. The zero-order valence-electron chi connectivity index (χ0n) is 14.7. The molecule has 0 amide bonds. The third kappa shape index (κ3) is 4.17. The number of benzene rings is 1. The van der Waals surface area contributed by atoms with Gasteiger partial charge >= 0.3 is 0 Å². The van der Waals surface area contributed by atoms with E-state index in [1.807, 2.05) is 6.20 Å². The molecule has 2 saturated heterocycles. The standard InChI is InChI=1S/C20H26N4O/c1-2-6-19(7-3-1)24-12-10-23(11-13-24)15-18-8-9-21-20(22-18)17-5-4-14-25-16-17/h1-3,6-9,17H,4-5,10-16H2/t17-/m1/s1. The van der Waals surface area contributed by atoms with Crippen LogP contribution in [0.5, 0.6) is 0 Å². The van der Waals surface area contributed by atoms with E-state index in [9.17, 15) is 0 Å². The van der Waals surface area contributed by atoms with Crippen LogP contribution in [0, 0.1) is 0 Å². The lowest BCUT2D eigenvalue weighted by molar-refractivity contribution is 0.0779. The molecule has 0 saturated carbocycles. The topological polar surface area (TPSA) is 41.5 Å². The maximum atomic E-state index is 5.58. The van der Waals surface area contributed by atoms with Gasteiger partial charge in [-0.25, -0.2) is 9.97 Å². The molecule has 2 fully saturated rings. The van der Waals surface area contributed by atoms with E-state index in [1.165, 1.54) is 5.69 Å². The van der Waals surface area contributed by atoms with Gasteiger partial charge in [0.05, 0.1) is 12.3 Å². The highest BCUT2D eigenvalue weighted by Crippen LogP contribution is 2.22. The van der Waals surface area contributed by atoms with E-state index in [0.29, 0.717) is 5.92 Å². The number of rotatable bonds is 4. The molecule has 0 aliphatic carbocycles. The molecule has 0 spiro atoms. The number of nitrogens with zero attached hydrogens (tertiary/aromatic N) is 4. The highest BCUT2D eigenvalue weighted by atomic mass is 16.5. The third-order valence-electron chi connectivity index (χ3n) is 5.14. The molecule has 132 valence electrons. The maximum Gasteiger partial charge on any atom is 0.133 e. The molecular formula is C20H26N4O. The summed E-state index contributed by atoms with van der Waals surface area (Å²) in [4.78, 5) is 14.3. The van der Waals surface area contributed by atoms with E-state index in [2.05, 4.69) is 51.2 Å². The van der Waals surface area contributed by atoms with Crippen LogP contribution in [-0.4, -0.2) is 54.3 Å². The quantitative estimate of drug-likeness (QED) is 0.857. The molecular weight excluding hydrogens is 312 g/mol. The molecule has 2 aliphatic rings. The van der Waals surface area contributed by atoms with Crippen molar-refractivity contribution in [3.63, 3.8) is 0 Å². The number of aromatic nitrogens is 2. The molecule has 0 bridgehead atoms. The lowest BCUT2D eigenvalue weighted by Gasteiger charge is -2.36. The van der Waals surface area contributed by atoms with E-state index >= 15 is 0 Å². The van der Waals surface area contributed by atoms with Crippen LogP contribution in [0.25, 0.3) is 0 Å². The van der Waals surface area contributed by atoms with E-state index in [4.69, 9.17) is 9.72 Å². The first kappa shape index (κ1) is 16.5. The van der Waals surface area contributed by atoms with Gasteiger partial charge in [0.25, 0.3) is 0 Å². The van der Waals surface area contributed by atoms with E-state index in [0.717, 1.165) is 70.3 Å². The molecule has 0 N–H and O–H groups in total. The lowest BCUT2D eigenvalue weighted by Crippen LogP contribution is -2.46. The second kappa shape index (κ2) is 7.93. The molecule has 0 radical (unpaired) electrons. The Bertz CT molecular complexity index is 664. The molecule has 5 heteroatoms. The number of anilines is 1. The first-order chi connectivity index (χ1) is 12.4. The van der Waals surface area contributed by atoms with E-state index < -0.39 is 0 Å². The fourth-order valence-electron chi connectivity index (χ4n) is 3.67. The normalized spacial score (nSPS) is 22.1. The molecule has 3 heterocycles. The molecule has 0 unspecified atom stereocenters. The van der Waals surface area contributed by atoms with Crippen LogP contribution in [0.2, 0.25) is 0 Å². The van der Waals surface area contributed by atoms with Crippen molar-refractivity contribution in [3.05, 3.63) is 54.1 Å². The monoisotopic (exact) mass is 338 g/mol. The van der Waals surface area contributed by atoms with Gasteiger partial charge in [0.1, 0.15) is 5.82 Å². The Morgan fingerprint density at radius 2 is 1.88 bits per heavy atom. The van der Waals surface area contributed by atoms with Crippen LogP contribution in [0.3, 0.4) is 0 Å². The minimum Gasteiger partial charge on any atom is -0.381 e. The second-order valence-electron chi connectivity index (χ2n) is 6.92.